The maximum Gasteiger partial charge on any atom is 0.433 e. The molecular formula is C19H12F4N6O2. The first-order valence-corrected chi connectivity index (χ1v) is 8.98. The standard InChI is InChI=1S/C19H12F4N6O2/c20-10-6-11-13(29-8-25-7-14(29)16(24)26-11)5-9(10)18(30)28-3-4-31-17-12(28)1-2-15(27-17)19(21,22)23/h1-2,5-8H,3-4H2,(H2,24,26). The molecule has 1 aliphatic rings. The minimum Gasteiger partial charge on any atom is -0.474 e. The smallest absolute Gasteiger partial charge is 0.433 e. The van der Waals surface area contributed by atoms with Gasteiger partial charge in [0.15, 0.2) is 0 Å². The molecule has 0 saturated carbocycles. The largest absolute Gasteiger partial charge is 0.474 e. The highest BCUT2D eigenvalue weighted by molar-refractivity contribution is 6.08. The lowest BCUT2D eigenvalue weighted by molar-refractivity contribution is -0.141. The summed E-state index contributed by atoms with van der Waals surface area (Å²) in [7, 11) is 0. The predicted octanol–water partition coefficient (Wildman–Crippen LogP) is 3.06. The van der Waals surface area contributed by atoms with Crippen LogP contribution in [0.4, 0.5) is 29.1 Å². The zero-order valence-electron chi connectivity index (χ0n) is 15.5. The molecule has 2 N–H and O–H groups in total. The lowest BCUT2D eigenvalue weighted by atomic mass is 10.1. The van der Waals surface area contributed by atoms with Crippen LogP contribution in [0.25, 0.3) is 16.6 Å². The Hall–Kier alpha value is -3.96. The van der Waals surface area contributed by atoms with Gasteiger partial charge in [-0.1, -0.05) is 0 Å². The summed E-state index contributed by atoms with van der Waals surface area (Å²) >= 11 is 0. The number of aromatic nitrogens is 4. The van der Waals surface area contributed by atoms with Gasteiger partial charge >= 0.3 is 6.18 Å². The number of fused-ring (bicyclic) bond motifs is 4. The molecule has 4 aromatic rings. The van der Waals surface area contributed by atoms with Crippen molar-refractivity contribution in [3.8, 4) is 5.88 Å². The first-order valence-electron chi connectivity index (χ1n) is 8.98. The second kappa shape index (κ2) is 6.52. The second-order valence-corrected chi connectivity index (χ2v) is 6.79. The number of anilines is 2. The van der Waals surface area contributed by atoms with Crippen molar-refractivity contribution in [1.29, 1.82) is 0 Å². The fraction of sp³-hybridized carbons (Fsp3) is 0.158. The van der Waals surface area contributed by atoms with E-state index in [1.54, 1.807) is 4.40 Å². The summed E-state index contributed by atoms with van der Waals surface area (Å²) in [6.07, 6.45) is -1.73. The molecule has 0 bridgehead atoms. The molecule has 5 rings (SSSR count). The molecule has 12 heteroatoms. The molecule has 31 heavy (non-hydrogen) atoms. The van der Waals surface area contributed by atoms with Crippen LogP contribution >= 0.6 is 0 Å². The van der Waals surface area contributed by atoms with Crippen molar-refractivity contribution in [2.45, 2.75) is 6.18 Å². The lowest BCUT2D eigenvalue weighted by Crippen LogP contribution is -2.39. The number of carbonyl (C=O) groups is 1. The van der Waals surface area contributed by atoms with E-state index >= 15 is 0 Å². The van der Waals surface area contributed by atoms with Gasteiger partial charge in [0, 0.05) is 6.07 Å². The number of alkyl halides is 3. The first kappa shape index (κ1) is 19.0. The summed E-state index contributed by atoms with van der Waals surface area (Å²) in [5.74, 6) is -1.80. The number of imidazole rings is 1. The van der Waals surface area contributed by atoms with Crippen molar-refractivity contribution >= 4 is 34.0 Å². The SMILES string of the molecule is Nc1nc2cc(F)c(C(=O)N3CCOc4nc(C(F)(F)F)ccc43)cc2n2cncc12. The van der Waals surface area contributed by atoms with Gasteiger partial charge in [-0.05, 0) is 18.2 Å². The lowest BCUT2D eigenvalue weighted by Gasteiger charge is -2.29. The Bertz CT molecular complexity index is 1370. The molecule has 0 unspecified atom stereocenters. The third-order valence-electron chi connectivity index (χ3n) is 4.92. The highest BCUT2D eigenvalue weighted by Crippen LogP contribution is 2.36. The topological polar surface area (TPSA) is 98.6 Å². The van der Waals surface area contributed by atoms with Crippen molar-refractivity contribution in [1.82, 2.24) is 19.4 Å². The van der Waals surface area contributed by atoms with Gasteiger partial charge in [-0.15, -0.1) is 0 Å². The highest BCUT2D eigenvalue weighted by atomic mass is 19.4. The van der Waals surface area contributed by atoms with Crippen LogP contribution in [-0.4, -0.2) is 38.4 Å². The molecule has 8 nitrogen and oxygen atoms in total. The summed E-state index contributed by atoms with van der Waals surface area (Å²) in [5.41, 5.74) is 5.53. The van der Waals surface area contributed by atoms with E-state index in [1.165, 1.54) is 18.6 Å². The molecule has 0 saturated heterocycles. The minimum absolute atomic E-state index is 0.0107. The Morgan fingerprint density at radius 3 is 2.74 bits per heavy atom. The Kier molecular flexibility index (Phi) is 4.00. The molecule has 0 aliphatic carbocycles. The van der Waals surface area contributed by atoms with E-state index in [-0.39, 0.29) is 41.6 Å². The normalized spacial score (nSPS) is 14.0. The molecule has 0 atom stereocenters. The maximum atomic E-state index is 14.8. The number of hydrogen-bond acceptors (Lipinski definition) is 6. The van der Waals surface area contributed by atoms with Crippen LogP contribution in [0.2, 0.25) is 0 Å². The molecule has 158 valence electrons. The number of pyridine rings is 1. The van der Waals surface area contributed by atoms with Crippen LogP contribution in [0.3, 0.4) is 0 Å². The van der Waals surface area contributed by atoms with Crippen molar-refractivity contribution < 1.29 is 27.1 Å². The number of ether oxygens (including phenoxy) is 1. The number of amides is 1. The number of nitrogens with two attached hydrogens (primary N) is 1. The Morgan fingerprint density at radius 2 is 1.97 bits per heavy atom. The number of benzene rings is 1. The van der Waals surface area contributed by atoms with E-state index in [1.807, 2.05) is 0 Å². The first-order chi connectivity index (χ1) is 14.7. The van der Waals surface area contributed by atoms with Gasteiger partial charge in [-0.25, -0.2) is 19.3 Å². The minimum atomic E-state index is -4.67. The zero-order chi connectivity index (χ0) is 21.9. The van der Waals surface area contributed by atoms with E-state index in [9.17, 15) is 22.4 Å². The van der Waals surface area contributed by atoms with Crippen LogP contribution in [0, 0.1) is 5.82 Å². The molecule has 1 aromatic carbocycles. The fourth-order valence-electron chi connectivity index (χ4n) is 3.47. The summed E-state index contributed by atoms with van der Waals surface area (Å²) in [4.78, 5) is 25.9. The number of halogens is 4. The van der Waals surface area contributed by atoms with Crippen LogP contribution in [0.15, 0.2) is 36.8 Å². The number of nitrogen functional groups attached to an aromatic ring is 1. The zero-order valence-corrected chi connectivity index (χ0v) is 15.5. The molecule has 0 radical (unpaired) electrons. The highest BCUT2D eigenvalue weighted by Gasteiger charge is 2.35. The van der Waals surface area contributed by atoms with Crippen molar-refractivity contribution in [2.75, 3.05) is 23.8 Å². The van der Waals surface area contributed by atoms with Crippen molar-refractivity contribution in [3.63, 3.8) is 0 Å². The Balaban J connectivity index is 1.61. The van der Waals surface area contributed by atoms with E-state index in [2.05, 4.69) is 15.0 Å². The fourth-order valence-corrected chi connectivity index (χ4v) is 3.47. The van der Waals surface area contributed by atoms with Crippen molar-refractivity contribution in [3.05, 3.63) is 53.9 Å². The monoisotopic (exact) mass is 432 g/mol. The summed E-state index contributed by atoms with van der Waals surface area (Å²) in [6.45, 7) is -0.0804. The van der Waals surface area contributed by atoms with Crippen LogP contribution in [0.1, 0.15) is 16.1 Å². The van der Waals surface area contributed by atoms with Gasteiger partial charge in [0.25, 0.3) is 5.91 Å². The number of rotatable bonds is 1. The second-order valence-electron chi connectivity index (χ2n) is 6.79. The van der Waals surface area contributed by atoms with Gasteiger partial charge in [0.2, 0.25) is 5.88 Å². The van der Waals surface area contributed by atoms with E-state index < -0.39 is 23.6 Å². The molecule has 3 aromatic heterocycles. The van der Waals surface area contributed by atoms with Gasteiger partial charge in [0.05, 0.1) is 35.7 Å². The average Bonchev–Trinajstić information content (AvgIpc) is 3.22. The van der Waals surface area contributed by atoms with E-state index in [0.717, 1.165) is 23.1 Å². The molecule has 4 heterocycles. The predicted molar refractivity (Wildman–Crippen MR) is 101 cm³/mol. The third-order valence-corrected chi connectivity index (χ3v) is 4.92. The van der Waals surface area contributed by atoms with Crippen LogP contribution < -0.4 is 15.4 Å². The number of nitrogens with zero attached hydrogens (tertiary/aromatic N) is 5. The third kappa shape index (κ3) is 2.98. The Morgan fingerprint density at radius 1 is 1.16 bits per heavy atom. The number of hydrogen-bond donors (Lipinski definition) is 1. The molecular weight excluding hydrogens is 420 g/mol. The average molecular weight is 432 g/mol. The Labute approximate surface area is 170 Å². The van der Waals surface area contributed by atoms with E-state index in [4.69, 9.17) is 10.5 Å². The van der Waals surface area contributed by atoms with Crippen LogP contribution in [-0.2, 0) is 6.18 Å². The van der Waals surface area contributed by atoms with Gasteiger partial charge < -0.3 is 10.5 Å². The molecule has 0 spiro atoms. The van der Waals surface area contributed by atoms with Crippen molar-refractivity contribution in [2.24, 2.45) is 0 Å². The molecule has 1 amide bonds. The maximum absolute atomic E-state index is 14.8. The molecule has 0 fully saturated rings. The summed E-state index contributed by atoms with van der Waals surface area (Å²) in [5, 5.41) is 0. The van der Waals surface area contributed by atoms with Gasteiger partial charge in [0.1, 0.15) is 35.1 Å². The van der Waals surface area contributed by atoms with Crippen LogP contribution in [0.5, 0.6) is 5.88 Å². The molecule has 1 aliphatic heterocycles. The summed E-state index contributed by atoms with van der Waals surface area (Å²) in [6, 6.07) is 4.20. The quantitative estimate of drug-likeness (QED) is 0.465. The van der Waals surface area contributed by atoms with E-state index in [0.29, 0.717) is 11.0 Å². The van der Waals surface area contributed by atoms with Gasteiger partial charge in [-0.3, -0.25) is 14.1 Å². The number of carbonyl (C=O) groups excluding carboxylic acids is 1. The summed E-state index contributed by atoms with van der Waals surface area (Å²) < 4.78 is 60.4. The van der Waals surface area contributed by atoms with Gasteiger partial charge in [-0.2, -0.15) is 13.2 Å².